The number of hydrogen-bond donors (Lipinski definition) is 1. The van der Waals surface area contributed by atoms with E-state index in [2.05, 4.69) is 25.6 Å². The highest BCUT2D eigenvalue weighted by atomic mass is 32.2. The lowest BCUT2D eigenvalue weighted by Gasteiger charge is -2.09. The maximum Gasteiger partial charge on any atom is 0.274 e. The molecule has 0 aliphatic rings. The third kappa shape index (κ3) is 5.12. The molecule has 162 valence electrons. The van der Waals surface area contributed by atoms with Crippen molar-refractivity contribution in [3.63, 3.8) is 0 Å². The summed E-state index contributed by atoms with van der Waals surface area (Å²) in [6.07, 6.45) is 3.37. The summed E-state index contributed by atoms with van der Waals surface area (Å²) in [5.74, 6) is 0.880. The predicted octanol–water partition coefficient (Wildman–Crippen LogP) is 3.60. The largest absolute Gasteiger partial charge is 0.497 e. The molecule has 0 saturated heterocycles. The van der Waals surface area contributed by atoms with E-state index in [1.54, 1.807) is 30.3 Å². The van der Waals surface area contributed by atoms with Crippen LogP contribution in [-0.4, -0.2) is 38.0 Å². The summed E-state index contributed by atoms with van der Waals surface area (Å²) in [6, 6.07) is 17.2. The number of methoxy groups -OCH3 is 1. The Balaban J connectivity index is 1.58. The highest BCUT2D eigenvalue weighted by molar-refractivity contribution is 7.98. The highest BCUT2D eigenvalue weighted by Gasteiger charge is 2.21. The van der Waals surface area contributed by atoms with E-state index in [1.807, 2.05) is 55.5 Å². The molecule has 0 bridgehead atoms. The number of carbonyl (C=O) groups excluding carboxylic acids is 1. The van der Waals surface area contributed by atoms with Gasteiger partial charge < -0.3 is 10.1 Å². The Kier molecular flexibility index (Phi) is 6.76. The lowest BCUT2D eigenvalue weighted by Crippen LogP contribution is -2.24. The Morgan fingerprint density at radius 1 is 1.09 bits per heavy atom. The number of aryl methyl sites for hydroxylation is 1. The maximum absolute atomic E-state index is 13.0. The third-order valence-electron chi connectivity index (χ3n) is 4.72. The summed E-state index contributed by atoms with van der Waals surface area (Å²) in [4.78, 5) is 21.5. The average molecular weight is 447 g/mol. The Hall–Kier alpha value is -3.72. The monoisotopic (exact) mass is 446 g/mol. The van der Waals surface area contributed by atoms with E-state index in [-0.39, 0.29) is 11.6 Å². The predicted molar refractivity (Wildman–Crippen MR) is 122 cm³/mol. The molecular formula is C23H22N6O2S. The van der Waals surface area contributed by atoms with Crippen molar-refractivity contribution in [3.05, 3.63) is 89.5 Å². The van der Waals surface area contributed by atoms with Gasteiger partial charge in [0.15, 0.2) is 10.9 Å². The second kappa shape index (κ2) is 10.1. The molecule has 0 aliphatic heterocycles. The van der Waals surface area contributed by atoms with E-state index in [9.17, 15) is 4.79 Å². The molecule has 8 nitrogen and oxygen atoms in total. The van der Waals surface area contributed by atoms with Crippen molar-refractivity contribution in [1.82, 2.24) is 30.3 Å². The van der Waals surface area contributed by atoms with Gasteiger partial charge >= 0.3 is 0 Å². The average Bonchev–Trinajstić information content (AvgIpc) is 3.26. The Labute approximate surface area is 190 Å². The Morgan fingerprint density at radius 2 is 1.88 bits per heavy atom. The summed E-state index contributed by atoms with van der Waals surface area (Å²) in [7, 11) is 1.61. The van der Waals surface area contributed by atoms with E-state index < -0.39 is 0 Å². The van der Waals surface area contributed by atoms with Crippen LogP contribution in [-0.2, 0) is 12.3 Å². The molecule has 0 saturated carbocycles. The molecule has 9 heteroatoms. The van der Waals surface area contributed by atoms with Crippen LogP contribution in [0.1, 0.15) is 27.3 Å². The van der Waals surface area contributed by atoms with Gasteiger partial charge in [-0.3, -0.25) is 4.79 Å². The summed E-state index contributed by atoms with van der Waals surface area (Å²) >= 11 is 1.42. The standard InChI is InChI=1S/C23H22N6O2S/c1-16-7-9-18(10-8-16)29-20(15-32-23-24-11-4-12-25-23)21(27-28-29)22(30)26-14-17-5-3-6-19(13-17)31-2/h3-13H,14-15H2,1-2H3,(H,26,30). The van der Waals surface area contributed by atoms with E-state index in [0.717, 1.165) is 22.6 Å². The van der Waals surface area contributed by atoms with Crippen LogP contribution in [0.3, 0.4) is 0 Å². The number of hydrogen-bond acceptors (Lipinski definition) is 7. The van der Waals surface area contributed by atoms with Crippen molar-refractivity contribution in [1.29, 1.82) is 0 Å². The zero-order valence-corrected chi connectivity index (χ0v) is 18.5. The lowest BCUT2D eigenvalue weighted by atomic mass is 10.2. The first kappa shape index (κ1) is 21.5. The molecule has 0 radical (unpaired) electrons. The number of amides is 1. The number of nitrogens with one attached hydrogen (secondary N) is 1. The molecule has 0 fully saturated rings. The van der Waals surface area contributed by atoms with Gasteiger partial charge in [0.2, 0.25) is 0 Å². The smallest absolute Gasteiger partial charge is 0.274 e. The molecular weight excluding hydrogens is 424 g/mol. The van der Waals surface area contributed by atoms with Crippen LogP contribution in [0.15, 0.2) is 72.1 Å². The molecule has 0 spiro atoms. The molecule has 2 aromatic carbocycles. The van der Waals surface area contributed by atoms with E-state index in [0.29, 0.717) is 23.1 Å². The van der Waals surface area contributed by atoms with Gasteiger partial charge in [-0.05, 0) is 42.8 Å². The summed E-state index contributed by atoms with van der Waals surface area (Å²) in [5.41, 5.74) is 3.85. The topological polar surface area (TPSA) is 94.8 Å². The second-order valence-corrected chi connectivity index (χ2v) is 7.93. The Bertz CT molecular complexity index is 1190. The van der Waals surface area contributed by atoms with Gasteiger partial charge in [0.05, 0.1) is 18.5 Å². The first-order valence-corrected chi connectivity index (χ1v) is 10.9. The number of carbonyl (C=O) groups is 1. The first-order chi connectivity index (χ1) is 15.6. The van der Waals surface area contributed by atoms with E-state index in [1.165, 1.54) is 11.8 Å². The SMILES string of the molecule is COc1cccc(CNC(=O)c2nnn(-c3ccc(C)cc3)c2CSc2ncccn2)c1. The van der Waals surface area contributed by atoms with Crippen molar-refractivity contribution in [2.45, 2.75) is 24.4 Å². The fourth-order valence-electron chi connectivity index (χ4n) is 3.04. The molecule has 32 heavy (non-hydrogen) atoms. The Morgan fingerprint density at radius 3 is 2.62 bits per heavy atom. The minimum Gasteiger partial charge on any atom is -0.497 e. The highest BCUT2D eigenvalue weighted by Crippen LogP contribution is 2.23. The van der Waals surface area contributed by atoms with Gasteiger partial charge in [0.25, 0.3) is 5.91 Å². The van der Waals surface area contributed by atoms with Gasteiger partial charge in [0, 0.05) is 24.7 Å². The lowest BCUT2D eigenvalue weighted by molar-refractivity contribution is 0.0945. The van der Waals surface area contributed by atoms with Crippen molar-refractivity contribution in [2.24, 2.45) is 0 Å². The zero-order chi connectivity index (χ0) is 22.3. The minimum atomic E-state index is -0.296. The fraction of sp³-hybridized carbons (Fsp3) is 0.174. The van der Waals surface area contributed by atoms with Crippen molar-refractivity contribution >= 4 is 17.7 Å². The second-order valence-electron chi connectivity index (χ2n) is 6.99. The van der Waals surface area contributed by atoms with Crippen LogP contribution in [0, 0.1) is 6.92 Å². The minimum absolute atomic E-state index is 0.275. The maximum atomic E-state index is 13.0. The third-order valence-corrected chi connectivity index (χ3v) is 5.61. The molecule has 4 aromatic rings. The summed E-state index contributed by atoms with van der Waals surface area (Å²) < 4.78 is 6.94. The van der Waals surface area contributed by atoms with Crippen LogP contribution in [0.2, 0.25) is 0 Å². The number of aromatic nitrogens is 5. The normalized spacial score (nSPS) is 10.7. The van der Waals surface area contributed by atoms with Crippen molar-refractivity contribution in [3.8, 4) is 11.4 Å². The molecule has 2 aromatic heterocycles. The number of benzene rings is 2. The molecule has 0 unspecified atom stereocenters. The van der Waals surface area contributed by atoms with E-state index in [4.69, 9.17) is 4.74 Å². The molecule has 4 rings (SSSR count). The van der Waals surface area contributed by atoms with Gasteiger partial charge in [-0.25, -0.2) is 14.6 Å². The summed E-state index contributed by atoms with van der Waals surface area (Å²) in [6.45, 7) is 2.37. The van der Waals surface area contributed by atoms with Gasteiger partial charge in [0.1, 0.15) is 5.75 Å². The number of nitrogens with zero attached hydrogens (tertiary/aromatic N) is 5. The van der Waals surface area contributed by atoms with Crippen LogP contribution < -0.4 is 10.1 Å². The van der Waals surface area contributed by atoms with Gasteiger partial charge in [-0.1, -0.05) is 46.8 Å². The van der Waals surface area contributed by atoms with Crippen LogP contribution in [0.5, 0.6) is 5.75 Å². The molecule has 0 atom stereocenters. The van der Waals surface area contributed by atoms with Crippen LogP contribution in [0.4, 0.5) is 0 Å². The number of ether oxygens (including phenoxy) is 1. The quantitative estimate of drug-likeness (QED) is 0.326. The zero-order valence-electron chi connectivity index (χ0n) is 17.7. The molecule has 2 heterocycles. The van der Waals surface area contributed by atoms with Crippen molar-refractivity contribution in [2.75, 3.05) is 7.11 Å². The van der Waals surface area contributed by atoms with Gasteiger partial charge in [-0.2, -0.15) is 0 Å². The van der Waals surface area contributed by atoms with Crippen LogP contribution in [0.25, 0.3) is 5.69 Å². The molecule has 1 N–H and O–H groups in total. The fourth-order valence-corrected chi connectivity index (χ4v) is 3.84. The van der Waals surface area contributed by atoms with Crippen LogP contribution >= 0.6 is 11.8 Å². The van der Waals surface area contributed by atoms with E-state index >= 15 is 0 Å². The first-order valence-electron chi connectivity index (χ1n) is 9.96. The number of rotatable bonds is 8. The van der Waals surface area contributed by atoms with Crippen molar-refractivity contribution < 1.29 is 9.53 Å². The summed E-state index contributed by atoms with van der Waals surface area (Å²) in [5, 5.41) is 12.0. The molecule has 0 aliphatic carbocycles. The molecule has 1 amide bonds. The van der Waals surface area contributed by atoms with Gasteiger partial charge in [-0.15, -0.1) is 5.10 Å². The number of thioether (sulfide) groups is 1.